The molecule has 1 N–H and O–H groups in total. The third-order valence-electron chi connectivity index (χ3n) is 4.38. The van der Waals surface area contributed by atoms with Crippen LogP contribution in [0.5, 0.6) is 0 Å². The molecule has 0 radical (unpaired) electrons. The lowest BCUT2D eigenvalue weighted by Crippen LogP contribution is -2.17. The average molecular weight is 300 g/mol. The van der Waals surface area contributed by atoms with E-state index in [0.717, 1.165) is 30.9 Å². The van der Waals surface area contributed by atoms with Crippen LogP contribution in [0.2, 0.25) is 0 Å². The van der Waals surface area contributed by atoms with Crippen molar-refractivity contribution in [2.24, 2.45) is 16.8 Å². The summed E-state index contributed by atoms with van der Waals surface area (Å²) in [6.45, 7) is 5.29. The van der Waals surface area contributed by atoms with Crippen molar-refractivity contribution in [2.75, 3.05) is 13.2 Å². The summed E-state index contributed by atoms with van der Waals surface area (Å²) in [4.78, 5) is 8.89. The molecule has 1 saturated heterocycles. The van der Waals surface area contributed by atoms with Crippen molar-refractivity contribution in [1.29, 1.82) is 0 Å². The van der Waals surface area contributed by atoms with Crippen LogP contribution in [0.25, 0.3) is 5.70 Å². The van der Waals surface area contributed by atoms with E-state index in [0.29, 0.717) is 17.5 Å². The topological polar surface area (TPSA) is 54.7 Å². The van der Waals surface area contributed by atoms with E-state index >= 15 is 0 Å². The monoisotopic (exact) mass is 300 g/mol. The van der Waals surface area contributed by atoms with E-state index < -0.39 is 5.60 Å². The number of rotatable bonds is 4. The third kappa shape index (κ3) is 3.62. The summed E-state index contributed by atoms with van der Waals surface area (Å²) in [5.41, 5.74) is 1.77. The van der Waals surface area contributed by atoms with Crippen molar-refractivity contribution in [3.8, 4) is 0 Å². The highest BCUT2D eigenvalue weighted by molar-refractivity contribution is 5.76. The number of pyridine rings is 1. The van der Waals surface area contributed by atoms with Gasteiger partial charge in [-0.25, -0.2) is 0 Å². The van der Waals surface area contributed by atoms with Gasteiger partial charge in [0.2, 0.25) is 0 Å². The van der Waals surface area contributed by atoms with Crippen LogP contribution in [0.1, 0.15) is 44.4 Å². The summed E-state index contributed by atoms with van der Waals surface area (Å²) in [7, 11) is 0. The van der Waals surface area contributed by atoms with E-state index in [1.807, 2.05) is 18.3 Å². The third-order valence-corrected chi connectivity index (χ3v) is 4.38. The van der Waals surface area contributed by atoms with Gasteiger partial charge in [0.05, 0.1) is 11.4 Å². The number of ether oxygens (including phenoxy) is 1. The molecule has 0 bridgehead atoms. The van der Waals surface area contributed by atoms with Crippen molar-refractivity contribution in [3.63, 3.8) is 0 Å². The van der Waals surface area contributed by atoms with Gasteiger partial charge in [-0.15, -0.1) is 0 Å². The van der Waals surface area contributed by atoms with Gasteiger partial charge in [0.25, 0.3) is 0 Å². The predicted octanol–water partition coefficient (Wildman–Crippen LogP) is 3.17. The second kappa shape index (κ2) is 6.31. The lowest BCUT2D eigenvalue weighted by molar-refractivity contribution is 0.0738. The molecule has 1 aromatic rings. The fraction of sp³-hybridized carbons (Fsp3) is 0.556. The number of nitrogens with zero attached hydrogens (tertiary/aromatic N) is 2. The molecule has 4 nitrogen and oxygen atoms in total. The van der Waals surface area contributed by atoms with Gasteiger partial charge in [0, 0.05) is 31.2 Å². The molecule has 1 fully saturated rings. The van der Waals surface area contributed by atoms with E-state index in [2.05, 4.69) is 16.1 Å². The minimum Gasteiger partial charge on any atom is -0.384 e. The zero-order valence-corrected chi connectivity index (χ0v) is 13.3. The number of aliphatic hydroxyl groups is 1. The Labute approximate surface area is 131 Å². The van der Waals surface area contributed by atoms with Crippen molar-refractivity contribution < 1.29 is 9.84 Å². The molecule has 2 atom stereocenters. The fourth-order valence-electron chi connectivity index (χ4n) is 3.06. The van der Waals surface area contributed by atoms with E-state index in [1.165, 1.54) is 12.8 Å². The molecular formula is C18H24N2O2. The smallest absolute Gasteiger partial charge is 0.101 e. The highest BCUT2D eigenvalue weighted by Gasteiger charge is 2.22. The van der Waals surface area contributed by atoms with Crippen LogP contribution >= 0.6 is 0 Å². The first-order valence-corrected chi connectivity index (χ1v) is 8.04. The van der Waals surface area contributed by atoms with Crippen LogP contribution in [-0.4, -0.2) is 29.5 Å². The first kappa shape index (κ1) is 15.4. The van der Waals surface area contributed by atoms with Gasteiger partial charge >= 0.3 is 0 Å². The van der Waals surface area contributed by atoms with Gasteiger partial charge < -0.3 is 9.84 Å². The maximum atomic E-state index is 9.97. The summed E-state index contributed by atoms with van der Waals surface area (Å²) in [6, 6.07) is 3.87. The number of hydrogen-bond acceptors (Lipinski definition) is 4. The average Bonchev–Trinajstić information content (AvgIpc) is 3.00. The largest absolute Gasteiger partial charge is 0.384 e. The van der Waals surface area contributed by atoms with Gasteiger partial charge in [-0.1, -0.05) is 6.08 Å². The van der Waals surface area contributed by atoms with Crippen molar-refractivity contribution in [1.82, 2.24) is 4.98 Å². The first-order valence-electron chi connectivity index (χ1n) is 8.04. The molecule has 0 spiro atoms. The van der Waals surface area contributed by atoms with Gasteiger partial charge in [0.15, 0.2) is 0 Å². The molecule has 4 heteroatoms. The van der Waals surface area contributed by atoms with Crippen LogP contribution in [-0.2, 0) is 10.3 Å². The minimum atomic E-state index is -0.909. The number of aromatic nitrogens is 1. The Morgan fingerprint density at radius 1 is 1.36 bits per heavy atom. The van der Waals surface area contributed by atoms with Crippen LogP contribution < -0.4 is 0 Å². The van der Waals surface area contributed by atoms with E-state index in [1.54, 1.807) is 20.0 Å². The minimum absolute atomic E-state index is 0.535. The second-order valence-corrected chi connectivity index (χ2v) is 6.82. The Bertz CT molecular complexity index is 564. The number of hydrogen-bond donors (Lipinski definition) is 1. The lowest BCUT2D eigenvalue weighted by Gasteiger charge is -2.20. The zero-order valence-electron chi connectivity index (χ0n) is 13.3. The molecule has 0 saturated carbocycles. The highest BCUT2D eigenvalue weighted by Crippen LogP contribution is 2.30. The van der Waals surface area contributed by atoms with E-state index in [-0.39, 0.29) is 0 Å². The summed E-state index contributed by atoms with van der Waals surface area (Å²) in [5.74, 6) is 1.22. The maximum Gasteiger partial charge on any atom is 0.101 e. The quantitative estimate of drug-likeness (QED) is 0.929. The predicted molar refractivity (Wildman–Crippen MR) is 87.6 cm³/mol. The number of aliphatic imine (C=N–C) groups is 1. The van der Waals surface area contributed by atoms with Gasteiger partial charge in [-0.05, 0) is 57.1 Å². The molecule has 0 aromatic carbocycles. The standard InChI is InChI=1S/C18H24N2O2/c1-18(2,21)17-4-3-15(11-20-17)16-10-13(5-7-19-16)9-14-6-8-22-12-14/h3-4,7,10-11,13-14,21H,5-6,8-9,12H2,1-2H3. The van der Waals surface area contributed by atoms with Crippen molar-refractivity contribution >= 4 is 11.9 Å². The summed E-state index contributed by atoms with van der Waals surface area (Å²) < 4.78 is 5.47. The molecule has 118 valence electrons. The summed E-state index contributed by atoms with van der Waals surface area (Å²) in [5, 5.41) is 9.97. The van der Waals surface area contributed by atoms with E-state index in [9.17, 15) is 5.11 Å². The van der Waals surface area contributed by atoms with Crippen molar-refractivity contribution in [3.05, 3.63) is 35.7 Å². The Morgan fingerprint density at radius 2 is 2.23 bits per heavy atom. The van der Waals surface area contributed by atoms with Crippen LogP contribution in [0, 0.1) is 11.8 Å². The maximum absolute atomic E-state index is 9.97. The number of allylic oxidation sites excluding steroid dienone is 1. The lowest BCUT2D eigenvalue weighted by atomic mass is 9.89. The molecule has 0 amide bonds. The molecule has 3 rings (SSSR count). The molecule has 3 heterocycles. The molecule has 1 aromatic heterocycles. The summed E-state index contributed by atoms with van der Waals surface area (Å²) >= 11 is 0. The Kier molecular flexibility index (Phi) is 4.41. The molecule has 22 heavy (non-hydrogen) atoms. The van der Waals surface area contributed by atoms with Crippen molar-refractivity contribution in [2.45, 2.75) is 38.7 Å². The fourth-order valence-corrected chi connectivity index (χ4v) is 3.06. The SMILES string of the molecule is CC(C)(O)c1ccc(C2=CC(CC3CCOC3)CC=N2)cn1. The molecule has 2 unspecified atom stereocenters. The highest BCUT2D eigenvalue weighted by atomic mass is 16.5. The van der Waals surface area contributed by atoms with Crippen LogP contribution in [0.3, 0.4) is 0 Å². The van der Waals surface area contributed by atoms with E-state index in [4.69, 9.17) is 4.74 Å². The van der Waals surface area contributed by atoms with Gasteiger partial charge in [-0.3, -0.25) is 9.98 Å². The molecule has 2 aliphatic heterocycles. The van der Waals surface area contributed by atoms with Gasteiger partial charge in [0.1, 0.15) is 5.60 Å². The zero-order chi connectivity index (χ0) is 15.6. The second-order valence-electron chi connectivity index (χ2n) is 6.82. The molecule has 0 aliphatic carbocycles. The summed E-state index contributed by atoms with van der Waals surface area (Å²) in [6.07, 6.45) is 9.44. The van der Waals surface area contributed by atoms with Crippen LogP contribution in [0.4, 0.5) is 0 Å². The Hall–Kier alpha value is -1.52. The van der Waals surface area contributed by atoms with Crippen LogP contribution in [0.15, 0.2) is 29.4 Å². The molecule has 2 aliphatic rings. The van der Waals surface area contributed by atoms with Gasteiger partial charge in [-0.2, -0.15) is 0 Å². The Balaban J connectivity index is 1.72. The molecular weight excluding hydrogens is 276 g/mol. The first-order chi connectivity index (χ1) is 10.5. The Morgan fingerprint density at radius 3 is 2.86 bits per heavy atom. The normalized spacial score (nSPS) is 25.3.